The Morgan fingerprint density at radius 3 is 2.45 bits per heavy atom. The van der Waals surface area contributed by atoms with Crippen LogP contribution in [0.5, 0.6) is 0 Å². The highest BCUT2D eigenvalue weighted by Crippen LogP contribution is 2.26. The van der Waals surface area contributed by atoms with Crippen molar-refractivity contribution in [3.63, 3.8) is 0 Å². The van der Waals surface area contributed by atoms with Crippen LogP contribution in [0.25, 0.3) is 11.3 Å². The van der Waals surface area contributed by atoms with Gasteiger partial charge in [0.2, 0.25) is 5.91 Å². The third-order valence-corrected chi connectivity index (χ3v) is 3.93. The number of halogens is 1. The molecule has 5 nitrogen and oxygen atoms in total. The Morgan fingerprint density at radius 2 is 1.86 bits per heavy atom. The quantitative estimate of drug-likeness (QED) is 0.899. The summed E-state index contributed by atoms with van der Waals surface area (Å²) in [6, 6.07) is 7.30. The Labute approximate surface area is 137 Å². The number of anilines is 1. The Bertz CT molecular complexity index is 695. The van der Waals surface area contributed by atoms with Crippen molar-refractivity contribution < 1.29 is 9.59 Å². The molecule has 0 bridgehead atoms. The van der Waals surface area contributed by atoms with E-state index in [4.69, 9.17) is 11.6 Å². The van der Waals surface area contributed by atoms with Crippen molar-refractivity contribution in [1.29, 1.82) is 0 Å². The van der Waals surface area contributed by atoms with Crippen molar-refractivity contribution in [3.8, 4) is 11.3 Å². The van der Waals surface area contributed by atoms with Gasteiger partial charge in [0, 0.05) is 22.9 Å². The standard InChI is InChI=1S/C15H16ClN3O2S/c1-9(20)19-15(2,3)13(21)18-14-17-12(8-22-14)10-4-6-11(16)7-5-10/h4-8H,1-3H3,(H,19,20)(H,17,18,21). The van der Waals surface area contributed by atoms with Crippen molar-refractivity contribution in [2.45, 2.75) is 26.3 Å². The molecule has 0 spiro atoms. The molecule has 2 rings (SSSR count). The Morgan fingerprint density at radius 1 is 1.23 bits per heavy atom. The van der Waals surface area contributed by atoms with Crippen molar-refractivity contribution in [3.05, 3.63) is 34.7 Å². The predicted octanol–water partition coefficient (Wildman–Crippen LogP) is 3.32. The van der Waals surface area contributed by atoms with Gasteiger partial charge in [-0.25, -0.2) is 4.98 Å². The first-order valence-electron chi connectivity index (χ1n) is 6.59. The molecule has 0 radical (unpaired) electrons. The van der Waals surface area contributed by atoms with Crippen molar-refractivity contribution in [1.82, 2.24) is 10.3 Å². The minimum atomic E-state index is -1.00. The smallest absolute Gasteiger partial charge is 0.251 e. The number of amides is 2. The normalized spacial score (nSPS) is 11.1. The fraction of sp³-hybridized carbons (Fsp3) is 0.267. The van der Waals surface area contributed by atoms with E-state index < -0.39 is 5.54 Å². The third kappa shape index (κ3) is 4.05. The van der Waals surface area contributed by atoms with Gasteiger partial charge in [0.15, 0.2) is 5.13 Å². The SMILES string of the molecule is CC(=O)NC(C)(C)C(=O)Nc1nc(-c2ccc(Cl)cc2)cs1. The van der Waals surface area contributed by atoms with Crippen molar-refractivity contribution >= 4 is 39.9 Å². The number of aromatic nitrogens is 1. The summed E-state index contributed by atoms with van der Waals surface area (Å²) in [7, 11) is 0. The lowest BCUT2D eigenvalue weighted by Gasteiger charge is -2.23. The summed E-state index contributed by atoms with van der Waals surface area (Å²) in [6.45, 7) is 4.64. The number of benzene rings is 1. The highest BCUT2D eigenvalue weighted by atomic mass is 35.5. The van der Waals surface area contributed by atoms with Crippen LogP contribution in [0.15, 0.2) is 29.6 Å². The molecule has 0 saturated carbocycles. The molecule has 2 aromatic rings. The zero-order valence-corrected chi connectivity index (χ0v) is 14.0. The molecule has 0 fully saturated rings. The van der Waals surface area contributed by atoms with Crippen LogP contribution in [-0.4, -0.2) is 22.3 Å². The number of carbonyl (C=O) groups excluding carboxylic acids is 2. The molecule has 2 amide bonds. The van der Waals surface area contributed by atoms with E-state index in [1.807, 2.05) is 17.5 Å². The Hall–Kier alpha value is -1.92. The molecular weight excluding hydrogens is 322 g/mol. The zero-order chi connectivity index (χ0) is 16.3. The second-order valence-corrected chi connectivity index (χ2v) is 6.60. The van der Waals surface area contributed by atoms with Crippen LogP contribution >= 0.6 is 22.9 Å². The molecule has 0 aliphatic heterocycles. The van der Waals surface area contributed by atoms with Gasteiger partial charge < -0.3 is 5.32 Å². The molecule has 0 aliphatic carbocycles. The van der Waals surface area contributed by atoms with Crippen LogP contribution in [0.3, 0.4) is 0 Å². The molecule has 1 heterocycles. The maximum absolute atomic E-state index is 12.2. The molecule has 0 saturated heterocycles. The first kappa shape index (κ1) is 16.5. The van der Waals surface area contributed by atoms with Gasteiger partial charge in [0.25, 0.3) is 5.91 Å². The summed E-state index contributed by atoms with van der Waals surface area (Å²) in [5.74, 6) is -0.583. The van der Waals surface area contributed by atoms with Gasteiger partial charge in [0.1, 0.15) is 5.54 Å². The van der Waals surface area contributed by atoms with Crippen LogP contribution in [0.1, 0.15) is 20.8 Å². The second kappa shape index (κ2) is 6.46. The number of rotatable bonds is 4. The van der Waals surface area contributed by atoms with E-state index in [1.54, 1.807) is 26.0 Å². The topological polar surface area (TPSA) is 71.1 Å². The largest absolute Gasteiger partial charge is 0.342 e. The van der Waals surface area contributed by atoms with E-state index in [0.29, 0.717) is 10.2 Å². The summed E-state index contributed by atoms with van der Waals surface area (Å²) in [5.41, 5.74) is 0.675. The average Bonchev–Trinajstić information content (AvgIpc) is 2.86. The zero-order valence-electron chi connectivity index (χ0n) is 12.4. The molecule has 116 valence electrons. The van der Waals surface area contributed by atoms with Crippen LogP contribution in [0, 0.1) is 0 Å². The number of thiazole rings is 1. The molecule has 1 aromatic carbocycles. The third-order valence-electron chi connectivity index (χ3n) is 2.92. The molecule has 1 aromatic heterocycles. The average molecular weight is 338 g/mol. The summed E-state index contributed by atoms with van der Waals surface area (Å²) in [6.07, 6.45) is 0. The number of hydrogen-bond acceptors (Lipinski definition) is 4. The molecular formula is C15H16ClN3O2S. The van der Waals surface area contributed by atoms with Crippen molar-refractivity contribution in [2.75, 3.05) is 5.32 Å². The summed E-state index contributed by atoms with van der Waals surface area (Å²) >= 11 is 7.18. The monoisotopic (exact) mass is 337 g/mol. The van der Waals surface area contributed by atoms with Gasteiger partial charge in [-0.1, -0.05) is 23.7 Å². The lowest BCUT2D eigenvalue weighted by Crippen LogP contribution is -2.51. The van der Waals surface area contributed by atoms with Crippen molar-refractivity contribution in [2.24, 2.45) is 0 Å². The van der Waals surface area contributed by atoms with Gasteiger partial charge in [-0.3, -0.25) is 14.9 Å². The maximum atomic E-state index is 12.2. The molecule has 0 unspecified atom stereocenters. The number of carbonyl (C=O) groups is 2. The Kier molecular flexibility index (Phi) is 4.83. The molecule has 22 heavy (non-hydrogen) atoms. The van der Waals surface area contributed by atoms with Crippen LogP contribution in [-0.2, 0) is 9.59 Å². The highest BCUT2D eigenvalue weighted by Gasteiger charge is 2.29. The summed E-state index contributed by atoms with van der Waals surface area (Å²) in [5, 5.41) is 8.30. The summed E-state index contributed by atoms with van der Waals surface area (Å²) < 4.78 is 0. The molecule has 0 atom stereocenters. The molecule has 2 N–H and O–H groups in total. The predicted molar refractivity (Wildman–Crippen MR) is 89.1 cm³/mol. The van der Waals surface area contributed by atoms with E-state index in [1.165, 1.54) is 18.3 Å². The Balaban J connectivity index is 2.10. The lowest BCUT2D eigenvalue weighted by molar-refractivity contribution is -0.128. The lowest BCUT2D eigenvalue weighted by atomic mass is 10.1. The first-order chi connectivity index (χ1) is 10.3. The van der Waals surface area contributed by atoms with Gasteiger partial charge in [0.05, 0.1) is 5.69 Å². The van der Waals surface area contributed by atoms with E-state index in [2.05, 4.69) is 15.6 Å². The number of nitrogens with zero attached hydrogens (tertiary/aromatic N) is 1. The maximum Gasteiger partial charge on any atom is 0.251 e. The fourth-order valence-corrected chi connectivity index (χ4v) is 2.68. The van der Waals surface area contributed by atoms with Crippen LogP contribution in [0.2, 0.25) is 5.02 Å². The van der Waals surface area contributed by atoms with E-state index in [0.717, 1.165) is 11.3 Å². The molecule has 0 aliphatic rings. The van der Waals surface area contributed by atoms with E-state index >= 15 is 0 Å². The van der Waals surface area contributed by atoms with Crippen LogP contribution < -0.4 is 10.6 Å². The van der Waals surface area contributed by atoms with E-state index in [9.17, 15) is 9.59 Å². The highest BCUT2D eigenvalue weighted by molar-refractivity contribution is 7.14. The van der Waals surface area contributed by atoms with Crippen LogP contribution in [0.4, 0.5) is 5.13 Å². The van der Waals surface area contributed by atoms with Gasteiger partial charge in [-0.15, -0.1) is 11.3 Å². The van der Waals surface area contributed by atoms with Gasteiger partial charge in [-0.2, -0.15) is 0 Å². The van der Waals surface area contributed by atoms with E-state index in [-0.39, 0.29) is 11.8 Å². The number of nitrogens with one attached hydrogen (secondary N) is 2. The second-order valence-electron chi connectivity index (χ2n) is 5.31. The van der Waals surface area contributed by atoms with Gasteiger partial charge >= 0.3 is 0 Å². The first-order valence-corrected chi connectivity index (χ1v) is 7.85. The minimum Gasteiger partial charge on any atom is -0.342 e. The summed E-state index contributed by atoms with van der Waals surface area (Å²) in [4.78, 5) is 27.7. The van der Waals surface area contributed by atoms with Gasteiger partial charge in [-0.05, 0) is 26.0 Å². The molecule has 7 heteroatoms. The fourth-order valence-electron chi connectivity index (χ4n) is 1.83. The minimum absolute atomic E-state index is 0.263. The number of hydrogen-bond donors (Lipinski definition) is 2.